The highest BCUT2D eigenvalue weighted by molar-refractivity contribution is 9.10. The van der Waals surface area contributed by atoms with Crippen molar-refractivity contribution in [3.8, 4) is 11.3 Å². The number of nitrogens with zero attached hydrogens (tertiary/aromatic N) is 4. The summed E-state index contributed by atoms with van der Waals surface area (Å²) in [6.07, 6.45) is 0. The lowest BCUT2D eigenvalue weighted by Gasteiger charge is -2.20. The second-order valence-electron chi connectivity index (χ2n) is 6.73. The topological polar surface area (TPSA) is 59.6 Å². The number of halogens is 1. The zero-order valence-electron chi connectivity index (χ0n) is 16.3. The second kappa shape index (κ2) is 7.83. The van der Waals surface area contributed by atoms with Crippen LogP contribution in [0.15, 0.2) is 64.0 Å². The van der Waals surface area contributed by atoms with Gasteiger partial charge in [0.05, 0.1) is 5.52 Å². The van der Waals surface area contributed by atoms with Gasteiger partial charge in [-0.2, -0.15) is 0 Å². The Morgan fingerprint density at radius 2 is 1.69 bits per heavy atom. The second-order valence-corrected chi connectivity index (χ2v) is 7.48. The Bertz CT molecular complexity index is 1260. The number of carbonyl (C=O) groups excluding carboxylic acids is 1. The van der Waals surface area contributed by atoms with Crippen LogP contribution in [0, 0.1) is 0 Å². The molecule has 0 unspecified atom stereocenters. The molecule has 6 nitrogen and oxygen atoms in total. The molecule has 0 saturated carbocycles. The van der Waals surface area contributed by atoms with E-state index in [1.165, 1.54) is 4.57 Å². The van der Waals surface area contributed by atoms with Crippen molar-refractivity contribution >= 4 is 38.4 Å². The Morgan fingerprint density at radius 3 is 2.38 bits per heavy atom. The first-order chi connectivity index (χ1) is 14.1. The van der Waals surface area contributed by atoms with Gasteiger partial charge >= 0.3 is 5.69 Å². The summed E-state index contributed by atoms with van der Waals surface area (Å²) in [6, 6.07) is 17.3. The van der Waals surface area contributed by atoms with E-state index < -0.39 is 0 Å². The Kier molecular flexibility index (Phi) is 5.24. The fourth-order valence-electron chi connectivity index (χ4n) is 3.62. The van der Waals surface area contributed by atoms with E-state index in [0.717, 1.165) is 10.9 Å². The number of imidazole rings is 1. The Balaban J connectivity index is 2.00. The summed E-state index contributed by atoms with van der Waals surface area (Å²) in [4.78, 5) is 32.7. The number of para-hydroxylation sites is 1. The Hall–Kier alpha value is -2.93. The normalized spacial score (nSPS) is 11.3. The van der Waals surface area contributed by atoms with Crippen LogP contribution in [0.2, 0.25) is 0 Å². The van der Waals surface area contributed by atoms with E-state index in [0.29, 0.717) is 34.6 Å². The summed E-state index contributed by atoms with van der Waals surface area (Å²) >= 11 is 3.57. The molecule has 0 aliphatic heterocycles. The van der Waals surface area contributed by atoms with E-state index >= 15 is 0 Å². The summed E-state index contributed by atoms with van der Waals surface area (Å²) in [7, 11) is 0. The minimum Gasteiger partial charge on any atom is -0.342 e. The largest absolute Gasteiger partial charge is 0.342 e. The van der Waals surface area contributed by atoms with Gasteiger partial charge in [0.2, 0.25) is 5.91 Å². The van der Waals surface area contributed by atoms with E-state index in [1.807, 2.05) is 68.4 Å². The number of aromatic nitrogens is 3. The average molecular weight is 453 g/mol. The van der Waals surface area contributed by atoms with E-state index in [2.05, 4.69) is 15.9 Å². The number of amides is 1. The van der Waals surface area contributed by atoms with Crippen LogP contribution in [0.1, 0.15) is 13.8 Å². The van der Waals surface area contributed by atoms with Gasteiger partial charge in [0, 0.05) is 24.0 Å². The van der Waals surface area contributed by atoms with Crippen molar-refractivity contribution in [1.29, 1.82) is 0 Å². The molecule has 2 aromatic heterocycles. The molecular weight excluding hydrogens is 432 g/mol. The highest BCUT2D eigenvalue weighted by Crippen LogP contribution is 2.30. The van der Waals surface area contributed by atoms with Crippen molar-refractivity contribution in [1.82, 2.24) is 18.9 Å². The molecule has 0 atom stereocenters. The summed E-state index contributed by atoms with van der Waals surface area (Å²) in [5.41, 5.74) is 2.59. The molecule has 4 aromatic rings. The molecule has 0 saturated heterocycles. The van der Waals surface area contributed by atoms with E-state index in [9.17, 15) is 9.59 Å². The molecule has 0 N–H and O–H groups in total. The maximum absolute atomic E-state index is 13.4. The highest BCUT2D eigenvalue weighted by Gasteiger charge is 2.21. The number of benzene rings is 2. The van der Waals surface area contributed by atoms with Gasteiger partial charge in [0.15, 0.2) is 5.65 Å². The third kappa shape index (κ3) is 3.25. The first-order valence-electron chi connectivity index (χ1n) is 9.59. The number of rotatable bonds is 5. The van der Waals surface area contributed by atoms with Crippen molar-refractivity contribution < 1.29 is 4.79 Å². The van der Waals surface area contributed by atoms with Crippen molar-refractivity contribution in [2.24, 2.45) is 0 Å². The number of hydrogen-bond acceptors (Lipinski definition) is 3. The van der Waals surface area contributed by atoms with Crippen LogP contribution >= 0.6 is 15.9 Å². The van der Waals surface area contributed by atoms with Crippen LogP contribution in [0.4, 0.5) is 0 Å². The molecule has 0 aliphatic rings. The van der Waals surface area contributed by atoms with Gasteiger partial charge in [-0.1, -0.05) is 42.5 Å². The van der Waals surface area contributed by atoms with Gasteiger partial charge in [0.25, 0.3) is 0 Å². The summed E-state index contributed by atoms with van der Waals surface area (Å²) in [5.74, 6) is -0.0823. The van der Waals surface area contributed by atoms with Crippen molar-refractivity contribution in [3.05, 3.63) is 69.7 Å². The minimum atomic E-state index is -0.291. The monoisotopic (exact) mass is 452 g/mol. The molecule has 0 spiro atoms. The molecule has 29 heavy (non-hydrogen) atoms. The molecule has 2 aromatic carbocycles. The molecule has 0 bridgehead atoms. The number of fused-ring (bicyclic) bond motifs is 3. The summed E-state index contributed by atoms with van der Waals surface area (Å²) in [6.45, 7) is 5.07. The van der Waals surface area contributed by atoms with E-state index in [-0.39, 0.29) is 18.1 Å². The molecule has 1 amide bonds. The fraction of sp³-hybridized carbons (Fsp3) is 0.227. The zero-order valence-corrected chi connectivity index (χ0v) is 17.9. The quantitative estimate of drug-likeness (QED) is 0.460. The van der Waals surface area contributed by atoms with Crippen LogP contribution in [0.25, 0.3) is 27.8 Å². The number of hydrogen-bond donors (Lipinski definition) is 0. The predicted octanol–water partition coefficient (Wildman–Crippen LogP) is 3.95. The molecule has 148 valence electrons. The lowest BCUT2D eigenvalue weighted by molar-refractivity contribution is -0.131. The van der Waals surface area contributed by atoms with Crippen LogP contribution in [-0.2, 0) is 11.3 Å². The van der Waals surface area contributed by atoms with Crippen molar-refractivity contribution in [3.63, 3.8) is 0 Å². The molecule has 0 aliphatic carbocycles. The maximum Gasteiger partial charge on any atom is 0.335 e. The molecular formula is C22H21BrN4O2. The highest BCUT2D eigenvalue weighted by atomic mass is 79.9. The standard InChI is InChI=1S/C22H21BrN4O2/c1-3-25(4-2)18(28)14-26-17-13-9-8-12-16(17)21-24-19(15-10-6-5-7-11-15)20(23)27(21)22(26)29/h5-13H,3-4,14H2,1-2H3. The van der Waals surface area contributed by atoms with Gasteiger partial charge in [-0.05, 0) is 41.9 Å². The van der Waals surface area contributed by atoms with Crippen LogP contribution in [0.3, 0.4) is 0 Å². The zero-order chi connectivity index (χ0) is 20.5. The molecule has 4 rings (SSSR count). The third-order valence-corrected chi connectivity index (χ3v) is 5.87. The summed E-state index contributed by atoms with van der Waals surface area (Å²) in [5, 5.41) is 0.822. The van der Waals surface area contributed by atoms with Gasteiger partial charge in [-0.3, -0.25) is 9.36 Å². The number of carbonyl (C=O) groups is 1. The van der Waals surface area contributed by atoms with Crippen molar-refractivity contribution in [2.75, 3.05) is 13.1 Å². The Morgan fingerprint density at radius 1 is 1.03 bits per heavy atom. The minimum absolute atomic E-state index is 0.0116. The van der Waals surface area contributed by atoms with Crippen LogP contribution in [-0.4, -0.2) is 37.8 Å². The smallest absolute Gasteiger partial charge is 0.335 e. The third-order valence-electron chi connectivity index (χ3n) is 5.14. The average Bonchev–Trinajstić information content (AvgIpc) is 3.10. The van der Waals surface area contributed by atoms with Gasteiger partial charge in [-0.15, -0.1) is 0 Å². The molecule has 7 heteroatoms. The summed E-state index contributed by atoms with van der Waals surface area (Å²) < 4.78 is 3.66. The fourth-order valence-corrected chi connectivity index (χ4v) is 4.26. The molecule has 2 heterocycles. The first kappa shape index (κ1) is 19.4. The SMILES string of the molecule is CCN(CC)C(=O)Cn1c(=O)n2c(Br)c(-c3ccccc3)nc2c2ccccc21. The van der Waals surface area contributed by atoms with E-state index in [4.69, 9.17) is 4.98 Å². The molecule has 0 radical (unpaired) electrons. The lowest BCUT2D eigenvalue weighted by atomic mass is 10.2. The lowest BCUT2D eigenvalue weighted by Crippen LogP contribution is -2.38. The van der Waals surface area contributed by atoms with E-state index in [1.54, 1.807) is 9.30 Å². The van der Waals surface area contributed by atoms with Gasteiger partial charge in [0.1, 0.15) is 16.8 Å². The van der Waals surface area contributed by atoms with Crippen molar-refractivity contribution in [2.45, 2.75) is 20.4 Å². The maximum atomic E-state index is 13.4. The number of likely N-dealkylation sites (N-methyl/N-ethyl adjacent to an activating group) is 1. The van der Waals surface area contributed by atoms with Crippen LogP contribution < -0.4 is 5.69 Å². The first-order valence-corrected chi connectivity index (χ1v) is 10.4. The Labute approximate surface area is 176 Å². The van der Waals surface area contributed by atoms with Gasteiger partial charge in [-0.25, -0.2) is 14.2 Å². The molecule has 0 fully saturated rings. The predicted molar refractivity (Wildman–Crippen MR) is 118 cm³/mol. The van der Waals surface area contributed by atoms with Crippen LogP contribution in [0.5, 0.6) is 0 Å². The van der Waals surface area contributed by atoms with Gasteiger partial charge < -0.3 is 4.90 Å².